The largest absolute Gasteiger partial charge is 0.305 e. The van der Waals surface area contributed by atoms with Crippen LogP contribution in [-0.2, 0) is 13.1 Å². The predicted octanol–water partition coefficient (Wildman–Crippen LogP) is 4.90. The van der Waals surface area contributed by atoms with E-state index in [0.717, 1.165) is 92.4 Å². The second kappa shape index (κ2) is 16.2. The Bertz CT molecular complexity index is 1540. The molecule has 0 bridgehead atoms. The first-order valence-electron chi connectivity index (χ1n) is 15.7. The molecule has 13 heteroatoms. The fraction of sp³-hybridized carbons (Fsp3) is 0.455. The number of pyridine rings is 2. The van der Waals surface area contributed by atoms with E-state index in [4.69, 9.17) is 9.97 Å². The van der Waals surface area contributed by atoms with Crippen molar-refractivity contribution in [1.29, 1.82) is 0 Å². The summed E-state index contributed by atoms with van der Waals surface area (Å²) in [5.74, 6) is 1.90. The average Bonchev–Trinajstić information content (AvgIpc) is 3.04. The topological polar surface area (TPSA) is 125 Å². The number of nitro groups is 2. The summed E-state index contributed by atoms with van der Waals surface area (Å²) in [6.07, 6.45) is 1.06. The molecule has 1 aliphatic heterocycles. The molecule has 1 aliphatic rings. The van der Waals surface area contributed by atoms with Crippen molar-refractivity contribution in [3.63, 3.8) is 0 Å². The number of benzene rings is 2. The highest BCUT2D eigenvalue weighted by atomic mass is 32.2. The molecule has 3 heterocycles. The van der Waals surface area contributed by atoms with Crippen molar-refractivity contribution in [2.45, 2.75) is 19.5 Å². The number of rotatable bonds is 6. The molecule has 0 atom stereocenters. The minimum atomic E-state index is -0.363. The van der Waals surface area contributed by atoms with Gasteiger partial charge in [-0.05, 0) is 45.7 Å². The molecule has 0 aliphatic carbocycles. The summed E-state index contributed by atoms with van der Waals surface area (Å²) in [7, 11) is 4.33. The molecule has 0 unspecified atom stereocenters. The van der Waals surface area contributed by atoms with Gasteiger partial charge in [-0.3, -0.25) is 30.0 Å². The zero-order chi connectivity index (χ0) is 32.5. The molecule has 1 fully saturated rings. The van der Waals surface area contributed by atoms with E-state index in [-0.39, 0.29) is 21.2 Å². The Balaban J connectivity index is 1.26. The highest BCUT2D eigenvalue weighted by Gasteiger charge is 2.17. The van der Waals surface area contributed by atoms with Crippen LogP contribution in [0.1, 0.15) is 17.8 Å². The van der Waals surface area contributed by atoms with E-state index in [1.165, 1.54) is 12.1 Å². The number of para-hydroxylation sites is 2. The zero-order valence-corrected chi connectivity index (χ0v) is 27.4. The second-order valence-electron chi connectivity index (χ2n) is 11.9. The first-order valence-corrected chi connectivity index (χ1v) is 16.9. The van der Waals surface area contributed by atoms with Crippen molar-refractivity contribution < 1.29 is 9.85 Å². The minimum absolute atomic E-state index is 0.0364. The Kier molecular flexibility index (Phi) is 11.8. The van der Waals surface area contributed by atoms with Crippen LogP contribution in [0.15, 0.2) is 60.7 Å². The van der Waals surface area contributed by atoms with Gasteiger partial charge in [0.2, 0.25) is 0 Å². The van der Waals surface area contributed by atoms with Gasteiger partial charge < -0.3 is 9.80 Å². The molecular formula is C33H42N8O4S. The maximum atomic E-state index is 11.6. The van der Waals surface area contributed by atoms with Gasteiger partial charge in [-0.15, -0.1) is 0 Å². The van der Waals surface area contributed by atoms with Crippen LogP contribution in [0, 0.1) is 20.2 Å². The average molecular weight is 647 g/mol. The fourth-order valence-electron chi connectivity index (χ4n) is 5.76. The Morgan fingerprint density at radius 3 is 1.52 bits per heavy atom. The maximum Gasteiger partial charge on any atom is 0.295 e. The summed E-state index contributed by atoms with van der Waals surface area (Å²) >= 11 is 1.91. The first kappa shape index (κ1) is 33.6. The van der Waals surface area contributed by atoms with Crippen molar-refractivity contribution in [2.24, 2.45) is 0 Å². The molecule has 0 radical (unpaired) electrons. The molecule has 0 N–H and O–H groups in total. The summed E-state index contributed by atoms with van der Waals surface area (Å²) in [6, 6.07) is 17.9. The van der Waals surface area contributed by atoms with E-state index in [2.05, 4.69) is 33.7 Å². The number of thioether (sulfide) groups is 1. The van der Waals surface area contributed by atoms with E-state index in [9.17, 15) is 20.2 Å². The zero-order valence-electron chi connectivity index (χ0n) is 26.6. The quantitative estimate of drug-likeness (QED) is 0.210. The van der Waals surface area contributed by atoms with Crippen LogP contribution in [0.3, 0.4) is 0 Å². The number of hydrogen-bond donors (Lipinski definition) is 0. The number of likely N-dealkylation sites (N-methyl/N-ethyl adjacent to an activating group) is 2. The normalized spacial score (nSPS) is 17.8. The number of nitrogens with zero attached hydrogens (tertiary/aromatic N) is 8. The van der Waals surface area contributed by atoms with E-state index in [1.807, 2.05) is 48.2 Å². The van der Waals surface area contributed by atoms with Crippen LogP contribution in [0.5, 0.6) is 0 Å². The molecule has 12 nitrogen and oxygen atoms in total. The fourth-order valence-corrected chi connectivity index (χ4v) is 6.74. The summed E-state index contributed by atoms with van der Waals surface area (Å²) in [6.45, 7) is 8.66. The lowest BCUT2D eigenvalue weighted by atomic mass is 10.1. The van der Waals surface area contributed by atoms with Gasteiger partial charge >= 0.3 is 0 Å². The standard InChI is InChI=1S/C33H42N8O4S/c1-36-14-5-15-37(2)17-19-39(25-29-13-11-27-7-4-9-31(41(44)45)33(27)35-29)21-23-46-22-20-38(18-16-36)24-28-12-10-26-6-3-8-30(40(42)43)32(26)34-28/h3-4,6-13H,5,14-25H2,1-2H3. The van der Waals surface area contributed by atoms with Crippen molar-refractivity contribution in [1.82, 2.24) is 29.6 Å². The van der Waals surface area contributed by atoms with Gasteiger partial charge in [0.15, 0.2) is 0 Å². The van der Waals surface area contributed by atoms with Crippen LogP contribution >= 0.6 is 11.8 Å². The van der Waals surface area contributed by atoms with Gasteiger partial charge in [0.05, 0.1) is 21.2 Å². The minimum Gasteiger partial charge on any atom is -0.305 e. The molecule has 46 heavy (non-hydrogen) atoms. The van der Waals surface area contributed by atoms with Gasteiger partial charge in [-0.25, -0.2) is 9.97 Å². The molecule has 0 amide bonds. The Morgan fingerprint density at radius 2 is 1.09 bits per heavy atom. The number of fused-ring (bicyclic) bond motifs is 2. The molecular weight excluding hydrogens is 604 g/mol. The number of aromatic nitrogens is 2. The van der Waals surface area contributed by atoms with Gasteiger partial charge in [-0.2, -0.15) is 11.8 Å². The monoisotopic (exact) mass is 646 g/mol. The van der Waals surface area contributed by atoms with Crippen LogP contribution in [0.2, 0.25) is 0 Å². The van der Waals surface area contributed by atoms with Gasteiger partial charge in [-0.1, -0.05) is 36.4 Å². The Hall–Kier alpha value is -3.75. The van der Waals surface area contributed by atoms with E-state index in [0.29, 0.717) is 24.1 Å². The second-order valence-corrected chi connectivity index (χ2v) is 13.2. The highest BCUT2D eigenvalue weighted by molar-refractivity contribution is 7.99. The van der Waals surface area contributed by atoms with E-state index in [1.54, 1.807) is 12.1 Å². The lowest BCUT2D eigenvalue weighted by Gasteiger charge is -2.28. The molecule has 0 spiro atoms. The third-order valence-corrected chi connectivity index (χ3v) is 9.40. The highest BCUT2D eigenvalue weighted by Crippen LogP contribution is 2.25. The number of non-ortho nitro benzene ring substituents is 2. The molecule has 0 saturated carbocycles. The van der Waals surface area contributed by atoms with Crippen molar-refractivity contribution in [3.05, 3.63) is 92.3 Å². The Labute approximate surface area is 273 Å². The summed E-state index contributed by atoms with van der Waals surface area (Å²) in [5, 5.41) is 24.8. The predicted molar refractivity (Wildman–Crippen MR) is 184 cm³/mol. The molecule has 2 aromatic carbocycles. The summed E-state index contributed by atoms with van der Waals surface area (Å²) in [5.41, 5.74) is 2.61. The van der Waals surface area contributed by atoms with Crippen molar-refractivity contribution in [2.75, 3.05) is 78.0 Å². The van der Waals surface area contributed by atoms with Crippen LogP contribution in [0.4, 0.5) is 11.4 Å². The summed E-state index contributed by atoms with van der Waals surface area (Å²) < 4.78 is 0. The molecule has 244 valence electrons. The third kappa shape index (κ3) is 9.17. The van der Waals surface area contributed by atoms with Gasteiger partial charge in [0.1, 0.15) is 11.0 Å². The smallest absolute Gasteiger partial charge is 0.295 e. The lowest BCUT2D eigenvalue weighted by molar-refractivity contribution is -0.383. The molecule has 4 aromatic rings. The number of hydrogen-bond acceptors (Lipinski definition) is 11. The van der Waals surface area contributed by atoms with Gasteiger partial charge in [0, 0.05) is 86.8 Å². The molecule has 1 saturated heterocycles. The van der Waals surface area contributed by atoms with Crippen LogP contribution in [0.25, 0.3) is 21.8 Å². The van der Waals surface area contributed by atoms with Crippen LogP contribution < -0.4 is 0 Å². The van der Waals surface area contributed by atoms with Crippen LogP contribution in [-0.4, -0.2) is 117 Å². The molecule has 5 rings (SSSR count). The number of nitro benzene ring substituents is 2. The van der Waals surface area contributed by atoms with Gasteiger partial charge in [0.25, 0.3) is 11.4 Å². The SMILES string of the molecule is CN1CCCN(C)CCN(Cc2ccc3cccc([N+](=O)[O-])c3n2)CCSCCN(Cc2ccc3cccc([N+](=O)[O-])c3n2)CC1. The van der Waals surface area contributed by atoms with Crippen molar-refractivity contribution in [3.8, 4) is 0 Å². The summed E-state index contributed by atoms with van der Waals surface area (Å²) in [4.78, 5) is 41.5. The Morgan fingerprint density at radius 1 is 0.630 bits per heavy atom. The first-order chi connectivity index (χ1) is 22.3. The maximum absolute atomic E-state index is 11.6. The lowest BCUT2D eigenvalue weighted by Crippen LogP contribution is -2.38. The van der Waals surface area contributed by atoms with E-state index < -0.39 is 0 Å². The third-order valence-electron chi connectivity index (χ3n) is 8.46. The van der Waals surface area contributed by atoms with Crippen molar-refractivity contribution >= 4 is 44.9 Å². The molecule has 2 aromatic heterocycles. The van der Waals surface area contributed by atoms with E-state index >= 15 is 0 Å².